The lowest BCUT2D eigenvalue weighted by Gasteiger charge is -2.18. The molecule has 0 radical (unpaired) electrons. The van der Waals surface area contributed by atoms with Crippen LogP contribution in [0.2, 0.25) is 0 Å². The highest BCUT2D eigenvalue weighted by Gasteiger charge is 2.20. The van der Waals surface area contributed by atoms with Crippen LogP contribution in [0, 0.1) is 0 Å². The first-order valence-electron chi connectivity index (χ1n) is 9.05. The van der Waals surface area contributed by atoms with E-state index in [4.69, 9.17) is 4.74 Å². The molecule has 1 aromatic rings. The van der Waals surface area contributed by atoms with Gasteiger partial charge in [0.05, 0.1) is 18.4 Å². The van der Waals surface area contributed by atoms with Gasteiger partial charge in [-0.25, -0.2) is 9.59 Å². The molecule has 0 aromatic heterocycles. The molecule has 146 valence electrons. The lowest BCUT2D eigenvalue weighted by Crippen LogP contribution is -2.31. The predicted octanol–water partition coefficient (Wildman–Crippen LogP) is 3.05. The van der Waals surface area contributed by atoms with Crippen molar-refractivity contribution in [3.63, 3.8) is 0 Å². The van der Waals surface area contributed by atoms with E-state index < -0.39 is 12.1 Å². The maximum atomic E-state index is 12.3. The largest absolute Gasteiger partial charge is 0.452 e. The smallest absolute Gasteiger partial charge is 0.413 e. The van der Waals surface area contributed by atoms with Crippen molar-refractivity contribution in [1.82, 2.24) is 5.32 Å². The number of amides is 2. The third-order valence-corrected chi connectivity index (χ3v) is 4.42. The van der Waals surface area contributed by atoms with Gasteiger partial charge in [-0.05, 0) is 44.2 Å². The van der Waals surface area contributed by atoms with Gasteiger partial charge in [0.2, 0.25) is 0 Å². The molecule has 1 aliphatic carbocycles. The molecule has 1 aliphatic rings. The number of allylic oxidation sites excluding steroid dienone is 1. The minimum absolute atomic E-state index is 0.186. The first-order chi connectivity index (χ1) is 13.0. The predicted molar refractivity (Wildman–Crippen MR) is 102 cm³/mol. The van der Waals surface area contributed by atoms with Crippen LogP contribution in [0.4, 0.5) is 10.5 Å². The van der Waals surface area contributed by atoms with E-state index in [0.717, 1.165) is 19.3 Å². The topological polar surface area (TPSA) is 84.9 Å². The van der Waals surface area contributed by atoms with Crippen molar-refractivity contribution in [3.05, 3.63) is 41.5 Å². The molecule has 0 bridgehead atoms. The average molecular weight is 374 g/mol. The Kier molecular flexibility index (Phi) is 7.85. The maximum absolute atomic E-state index is 12.3. The molecule has 7 nitrogen and oxygen atoms in total. The number of benzene rings is 1. The van der Waals surface area contributed by atoms with Gasteiger partial charge in [-0.15, -0.1) is 0 Å². The summed E-state index contributed by atoms with van der Waals surface area (Å²) in [5.74, 6) is -1.02. The van der Waals surface area contributed by atoms with Crippen LogP contribution in [0.15, 0.2) is 35.9 Å². The van der Waals surface area contributed by atoms with Crippen LogP contribution in [0.25, 0.3) is 0 Å². The quantitative estimate of drug-likeness (QED) is 0.586. The van der Waals surface area contributed by atoms with Crippen molar-refractivity contribution >= 4 is 23.7 Å². The number of anilines is 1. The summed E-state index contributed by atoms with van der Waals surface area (Å²) in [7, 11) is 2.75. The lowest BCUT2D eigenvalue weighted by atomic mass is 9.97. The molecule has 0 saturated carbocycles. The Labute approximate surface area is 159 Å². The van der Waals surface area contributed by atoms with Crippen molar-refractivity contribution in [2.45, 2.75) is 32.1 Å². The Morgan fingerprint density at radius 3 is 2.67 bits per heavy atom. The van der Waals surface area contributed by atoms with E-state index in [2.05, 4.69) is 16.1 Å². The Balaban J connectivity index is 1.83. The van der Waals surface area contributed by atoms with Gasteiger partial charge >= 0.3 is 12.1 Å². The van der Waals surface area contributed by atoms with Crippen LogP contribution in [0.5, 0.6) is 0 Å². The van der Waals surface area contributed by atoms with Crippen LogP contribution in [-0.2, 0) is 14.3 Å². The summed E-state index contributed by atoms with van der Waals surface area (Å²) in [6.07, 6.45) is 7.10. The van der Waals surface area contributed by atoms with Crippen LogP contribution >= 0.6 is 0 Å². The second-order valence-electron chi connectivity index (χ2n) is 6.33. The summed E-state index contributed by atoms with van der Waals surface area (Å²) < 4.78 is 9.75. The van der Waals surface area contributed by atoms with Gasteiger partial charge < -0.3 is 14.8 Å². The fraction of sp³-hybridized carbons (Fsp3) is 0.450. The number of nitrogens with zero attached hydrogens (tertiary/aromatic N) is 1. The summed E-state index contributed by atoms with van der Waals surface area (Å²) in [6.45, 7) is 0.165. The third kappa shape index (κ3) is 6.13. The van der Waals surface area contributed by atoms with Gasteiger partial charge in [0.25, 0.3) is 5.91 Å². The molecule has 0 unspecified atom stereocenters. The molecule has 2 amide bonds. The first kappa shape index (κ1) is 20.5. The van der Waals surface area contributed by atoms with Gasteiger partial charge in [0.1, 0.15) is 0 Å². The third-order valence-electron chi connectivity index (χ3n) is 4.42. The highest BCUT2D eigenvalue weighted by molar-refractivity contribution is 6.01. The van der Waals surface area contributed by atoms with Crippen LogP contribution in [0.3, 0.4) is 0 Å². The van der Waals surface area contributed by atoms with Crippen molar-refractivity contribution in [1.29, 1.82) is 0 Å². The standard InChI is InChI=1S/C20H26N2O5/c1-22(20(25)26-2)17-11-7-6-10-16(17)19(24)27-14-18(23)21-13-12-15-8-4-3-5-9-15/h6-8,10-11H,3-5,9,12-14H2,1-2H3,(H,21,23). The molecule has 2 rings (SSSR count). The van der Waals surface area contributed by atoms with E-state index in [-0.39, 0.29) is 18.1 Å². The first-order valence-corrected chi connectivity index (χ1v) is 9.05. The van der Waals surface area contributed by atoms with E-state index in [1.54, 1.807) is 18.2 Å². The summed E-state index contributed by atoms with van der Waals surface area (Å²) in [5.41, 5.74) is 1.91. The van der Waals surface area contributed by atoms with Crippen LogP contribution in [0.1, 0.15) is 42.5 Å². The Bertz CT molecular complexity index is 714. The van der Waals surface area contributed by atoms with Gasteiger partial charge in [-0.2, -0.15) is 0 Å². The van der Waals surface area contributed by atoms with Crippen molar-refractivity contribution < 1.29 is 23.9 Å². The van der Waals surface area contributed by atoms with Gasteiger partial charge in [-0.3, -0.25) is 9.69 Å². The molecule has 1 aromatic carbocycles. The van der Waals surface area contributed by atoms with Crippen LogP contribution in [-0.4, -0.2) is 45.3 Å². The van der Waals surface area contributed by atoms with Crippen molar-refractivity contribution in [2.75, 3.05) is 32.2 Å². The van der Waals surface area contributed by atoms with Crippen molar-refractivity contribution in [3.8, 4) is 0 Å². The number of carbonyl (C=O) groups is 3. The number of hydrogen-bond donors (Lipinski definition) is 1. The van der Waals surface area contributed by atoms with E-state index >= 15 is 0 Å². The molecular weight excluding hydrogens is 348 g/mol. The molecule has 27 heavy (non-hydrogen) atoms. The molecule has 0 spiro atoms. The van der Waals surface area contributed by atoms with Gasteiger partial charge in [0, 0.05) is 13.6 Å². The zero-order chi connectivity index (χ0) is 19.6. The molecule has 0 heterocycles. The molecule has 0 atom stereocenters. The highest BCUT2D eigenvalue weighted by atomic mass is 16.5. The zero-order valence-electron chi connectivity index (χ0n) is 15.8. The lowest BCUT2D eigenvalue weighted by molar-refractivity contribution is -0.124. The van der Waals surface area contributed by atoms with E-state index in [9.17, 15) is 14.4 Å². The van der Waals surface area contributed by atoms with E-state index in [0.29, 0.717) is 12.2 Å². The number of para-hydroxylation sites is 1. The number of nitrogens with one attached hydrogen (secondary N) is 1. The second kappa shape index (κ2) is 10.4. The molecule has 0 saturated heterocycles. The number of hydrogen-bond acceptors (Lipinski definition) is 5. The normalized spacial score (nSPS) is 13.3. The fourth-order valence-electron chi connectivity index (χ4n) is 2.93. The maximum Gasteiger partial charge on any atom is 0.413 e. The molecule has 0 aliphatic heterocycles. The molecular formula is C20H26N2O5. The molecule has 0 fully saturated rings. The monoisotopic (exact) mass is 374 g/mol. The summed E-state index contributed by atoms with van der Waals surface area (Å²) in [6, 6.07) is 6.48. The Morgan fingerprint density at radius 2 is 1.96 bits per heavy atom. The fourth-order valence-corrected chi connectivity index (χ4v) is 2.93. The number of methoxy groups -OCH3 is 1. The highest BCUT2D eigenvalue weighted by Crippen LogP contribution is 2.21. The SMILES string of the molecule is COC(=O)N(C)c1ccccc1C(=O)OCC(=O)NCCC1=CCCCC1. The summed E-state index contributed by atoms with van der Waals surface area (Å²) in [4.78, 5) is 37.1. The van der Waals surface area contributed by atoms with E-state index in [1.807, 2.05) is 0 Å². The summed E-state index contributed by atoms with van der Waals surface area (Å²) >= 11 is 0. The van der Waals surface area contributed by atoms with Crippen molar-refractivity contribution in [2.24, 2.45) is 0 Å². The summed E-state index contributed by atoms with van der Waals surface area (Å²) in [5, 5.41) is 2.76. The number of esters is 1. The molecule has 7 heteroatoms. The number of ether oxygens (including phenoxy) is 2. The van der Waals surface area contributed by atoms with Gasteiger partial charge in [-0.1, -0.05) is 23.8 Å². The van der Waals surface area contributed by atoms with Crippen LogP contribution < -0.4 is 10.2 Å². The zero-order valence-corrected chi connectivity index (χ0v) is 15.8. The van der Waals surface area contributed by atoms with Gasteiger partial charge in [0.15, 0.2) is 6.61 Å². The molecule has 1 N–H and O–H groups in total. The number of carbonyl (C=O) groups excluding carboxylic acids is 3. The minimum Gasteiger partial charge on any atom is -0.452 e. The average Bonchev–Trinajstić information content (AvgIpc) is 2.71. The minimum atomic E-state index is -0.675. The second-order valence-corrected chi connectivity index (χ2v) is 6.33. The van der Waals surface area contributed by atoms with E-state index in [1.165, 1.54) is 43.5 Å². The number of rotatable bonds is 7. The Hall–Kier alpha value is -2.83. The Morgan fingerprint density at radius 1 is 1.19 bits per heavy atom.